The summed E-state index contributed by atoms with van der Waals surface area (Å²) in [6, 6.07) is 4.79. The van der Waals surface area contributed by atoms with E-state index in [1.807, 2.05) is 6.92 Å². The number of ether oxygens (including phenoxy) is 2. The van der Waals surface area contributed by atoms with Gasteiger partial charge in [-0.2, -0.15) is 4.31 Å². The van der Waals surface area contributed by atoms with Crippen LogP contribution in [-0.4, -0.2) is 68.7 Å². The van der Waals surface area contributed by atoms with Crippen molar-refractivity contribution in [3.63, 3.8) is 0 Å². The Balaban J connectivity index is 1.81. The van der Waals surface area contributed by atoms with Gasteiger partial charge in [-0.05, 0) is 24.6 Å². The second-order valence-electron chi connectivity index (χ2n) is 6.97. The van der Waals surface area contributed by atoms with E-state index in [9.17, 15) is 13.2 Å². The van der Waals surface area contributed by atoms with Gasteiger partial charge in [-0.15, -0.1) is 0 Å². The predicted molar refractivity (Wildman–Crippen MR) is 101 cm³/mol. The first-order valence-corrected chi connectivity index (χ1v) is 10.9. The maximum atomic E-state index is 13.0. The number of sulfonamides is 1. The molecule has 0 bridgehead atoms. The molecular weight excluding hydrogens is 368 g/mol. The minimum absolute atomic E-state index is 0.142. The molecule has 2 aliphatic heterocycles. The molecule has 8 heteroatoms. The molecule has 0 radical (unpaired) electrons. The normalized spacial score (nSPS) is 19.8. The number of benzene rings is 1. The quantitative estimate of drug-likeness (QED) is 0.761. The molecule has 0 atom stereocenters. The topological polar surface area (TPSA) is 76.2 Å². The van der Waals surface area contributed by atoms with Gasteiger partial charge in [-0.25, -0.2) is 8.42 Å². The van der Waals surface area contributed by atoms with Crippen molar-refractivity contribution in [1.82, 2.24) is 9.21 Å². The van der Waals surface area contributed by atoms with Crippen LogP contribution in [0.15, 0.2) is 23.1 Å². The van der Waals surface area contributed by atoms with Crippen LogP contribution in [0.25, 0.3) is 0 Å². The lowest BCUT2D eigenvalue weighted by molar-refractivity contribution is -0.181. The SMILES string of the molecule is CCN(CC)S(=O)(=O)c1ccc(C)c(C(=O)N2CCC3(CC2)OCCO3)c1. The fourth-order valence-electron chi connectivity index (χ4n) is 3.71. The van der Waals surface area contributed by atoms with Crippen molar-refractivity contribution in [1.29, 1.82) is 0 Å². The van der Waals surface area contributed by atoms with Gasteiger partial charge in [-0.1, -0.05) is 19.9 Å². The standard InChI is InChI=1S/C19H28N2O5S/c1-4-21(5-2)27(23,24)16-7-6-15(3)17(14-16)18(22)20-10-8-19(9-11-20)25-12-13-26-19/h6-7,14H,4-5,8-13H2,1-3H3. The zero-order chi connectivity index (χ0) is 19.7. The molecule has 0 N–H and O–H groups in total. The fourth-order valence-corrected chi connectivity index (χ4v) is 5.20. The van der Waals surface area contributed by atoms with Crippen LogP contribution in [0.1, 0.15) is 42.6 Å². The Hall–Kier alpha value is -1.48. The van der Waals surface area contributed by atoms with Crippen LogP contribution in [0.5, 0.6) is 0 Å². The summed E-state index contributed by atoms with van der Waals surface area (Å²) in [5.41, 5.74) is 1.21. The van der Waals surface area contributed by atoms with Crippen LogP contribution in [-0.2, 0) is 19.5 Å². The van der Waals surface area contributed by atoms with E-state index in [0.717, 1.165) is 5.56 Å². The number of carbonyl (C=O) groups is 1. The van der Waals surface area contributed by atoms with Gasteiger partial charge in [0.05, 0.1) is 18.1 Å². The van der Waals surface area contributed by atoms with Crippen molar-refractivity contribution in [2.24, 2.45) is 0 Å². The van der Waals surface area contributed by atoms with E-state index in [4.69, 9.17) is 9.47 Å². The van der Waals surface area contributed by atoms with Crippen molar-refractivity contribution in [2.75, 3.05) is 39.4 Å². The Morgan fingerprint density at radius 1 is 1.15 bits per heavy atom. The van der Waals surface area contributed by atoms with Gasteiger partial charge >= 0.3 is 0 Å². The van der Waals surface area contributed by atoms with E-state index in [-0.39, 0.29) is 10.8 Å². The van der Waals surface area contributed by atoms with Crippen LogP contribution in [0.2, 0.25) is 0 Å². The maximum absolute atomic E-state index is 13.0. The minimum atomic E-state index is -3.60. The lowest BCUT2D eigenvalue weighted by Gasteiger charge is -2.37. The van der Waals surface area contributed by atoms with Crippen molar-refractivity contribution in [3.8, 4) is 0 Å². The van der Waals surface area contributed by atoms with E-state index >= 15 is 0 Å². The molecule has 2 heterocycles. The first-order valence-electron chi connectivity index (χ1n) is 9.51. The molecule has 150 valence electrons. The van der Waals surface area contributed by atoms with Crippen LogP contribution < -0.4 is 0 Å². The molecule has 3 rings (SSSR count). The van der Waals surface area contributed by atoms with Crippen LogP contribution in [0.3, 0.4) is 0 Å². The summed E-state index contributed by atoms with van der Waals surface area (Å²) >= 11 is 0. The van der Waals surface area contributed by atoms with Gasteiger partial charge in [-0.3, -0.25) is 4.79 Å². The number of nitrogens with zero attached hydrogens (tertiary/aromatic N) is 2. The minimum Gasteiger partial charge on any atom is -0.347 e. The van der Waals surface area contributed by atoms with Crippen LogP contribution >= 0.6 is 0 Å². The number of hydrogen-bond acceptors (Lipinski definition) is 5. The Bertz CT molecular complexity index is 788. The van der Waals surface area contributed by atoms with Crippen molar-refractivity contribution in [3.05, 3.63) is 29.3 Å². The van der Waals surface area contributed by atoms with Gasteiger partial charge in [0.25, 0.3) is 5.91 Å². The highest BCUT2D eigenvalue weighted by atomic mass is 32.2. The number of aryl methyl sites for hydroxylation is 1. The average molecular weight is 397 g/mol. The Kier molecular flexibility index (Phi) is 5.90. The molecule has 2 fully saturated rings. The van der Waals surface area contributed by atoms with Gasteiger partial charge in [0.15, 0.2) is 5.79 Å². The molecule has 27 heavy (non-hydrogen) atoms. The zero-order valence-corrected chi connectivity index (χ0v) is 17.0. The second-order valence-corrected chi connectivity index (χ2v) is 8.90. The summed E-state index contributed by atoms with van der Waals surface area (Å²) in [4.78, 5) is 15.0. The molecule has 1 spiro atoms. The lowest BCUT2D eigenvalue weighted by Crippen LogP contribution is -2.47. The third-order valence-corrected chi connectivity index (χ3v) is 7.45. The highest BCUT2D eigenvalue weighted by Gasteiger charge is 2.41. The summed E-state index contributed by atoms with van der Waals surface area (Å²) in [6.45, 7) is 8.48. The van der Waals surface area contributed by atoms with Crippen LogP contribution in [0.4, 0.5) is 0 Å². The van der Waals surface area contributed by atoms with E-state index in [1.54, 1.807) is 30.9 Å². The molecule has 0 aliphatic carbocycles. The summed E-state index contributed by atoms with van der Waals surface area (Å²) in [5, 5.41) is 0. The first-order chi connectivity index (χ1) is 12.8. The van der Waals surface area contributed by atoms with Gasteiger partial charge in [0.2, 0.25) is 10.0 Å². The van der Waals surface area contributed by atoms with Gasteiger partial charge in [0, 0.05) is 44.6 Å². The number of piperidine rings is 1. The van der Waals surface area contributed by atoms with Gasteiger partial charge in [0.1, 0.15) is 0 Å². The summed E-state index contributed by atoms with van der Waals surface area (Å²) in [7, 11) is -3.60. The average Bonchev–Trinajstić information content (AvgIpc) is 3.11. The highest BCUT2D eigenvalue weighted by molar-refractivity contribution is 7.89. The second kappa shape index (κ2) is 7.87. The summed E-state index contributed by atoms with van der Waals surface area (Å²) in [5.74, 6) is -0.684. The maximum Gasteiger partial charge on any atom is 0.254 e. The molecular formula is C19H28N2O5S. The first kappa shape index (κ1) is 20.3. The Morgan fingerprint density at radius 3 is 2.30 bits per heavy atom. The van der Waals surface area contributed by atoms with Gasteiger partial charge < -0.3 is 14.4 Å². The zero-order valence-electron chi connectivity index (χ0n) is 16.2. The number of likely N-dealkylation sites (tertiary alicyclic amines) is 1. The molecule has 0 saturated carbocycles. The van der Waals surface area contributed by atoms with Crippen LogP contribution in [0, 0.1) is 6.92 Å². The van der Waals surface area contributed by atoms with E-state index in [2.05, 4.69) is 0 Å². The third-order valence-electron chi connectivity index (χ3n) is 5.41. The molecule has 2 aliphatic rings. The fraction of sp³-hybridized carbons (Fsp3) is 0.632. The smallest absolute Gasteiger partial charge is 0.254 e. The summed E-state index contributed by atoms with van der Waals surface area (Å²) < 4.78 is 38.4. The molecule has 0 unspecified atom stereocenters. The Labute approximate surface area is 161 Å². The van der Waals surface area contributed by atoms with Crippen molar-refractivity contribution in [2.45, 2.75) is 44.3 Å². The van der Waals surface area contributed by atoms with E-state index in [1.165, 1.54) is 10.4 Å². The Morgan fingerprint density at radius 2 is 1.74 bits per heavy atom. The number of hydrogen-bond donors (Lipinski definition) is 0. The molecule has 7 nitrogen and oxygen atoms in total. The van der Waals surface area contributed by atoms with Crippen molar-refractivity contribution < 1.29 is 22.7 Å². The molecule has 2 saturated heterocycles. The molecule has 1 aromatic rings. The van der Waals surface area contributed by atoms with Crippen molar-refractivity contribution >= 4 is 15.9 Å². The predicted octanol–water partition coefficient (Wildman–Crippen LogP) is 2.00. The molecule has 0 aromatic heterocycles. The van der Waals surface area contributed by atoms with E-state index < -0.39 is 15.8 Å². The monoisotopic (exact) mass is 396 g/mol. The highest BCUT2D eigenvalue weighted by Crippen LogP contribution is 2.32. The lowest BCUT2D eigenvalue weighted by atomic mass is 10.0. The number of rotatable bonds is 5. The molecule has 1 amide bonds. The number of amides is 1. The molecule has 1 aromatic carbocycles. The van der Waals surface area contributed by atoms with E-state index in [0.29, 0.717) is 57.8 Å². The third kappa shape index (κ3) is 3.89. The number of carbonyl (C=O) groups excluding carboxylic acids is 1. The largest absolute Gasteiger partial charge is 0.347 e. The summed E-state index contributed by atoms with van der Waals surface area (Å²) in [6.07, 6.45) is 1.27.